The topological polar surface area (TPSA) is 64.7 Å². The van der Waals surface area contributed by atoms with Gasteiger partial charge in [0.15, 0.2) is 0 Å². The van der Waals surface area contributed by atoms with E-state index in [0.29, 0.717) is 24.3 Å². The molecule has 2 aromatic carbocycles. The van der Waals surface area contributed by atoms with Crippen LogP contribution in [0.1, 0.15) is 32.1 Å². The SMILES string of the molecule is O=C(CNc1ccc(N2CCCC2=O)c(F)c1)Nc1ccc(N2CCCCC2)cc1. The van der Waals surface area contributed by atoms with Gasteiger partial charge in [-0.2, -0.15) is 0 Å². The van der Waals surface area contributed by atoms with Gasteiger partial charge in [-0.05, 0) is 68.1 Å². The molecule has 2 aliphatic rings. The summed E-state index contributed by atoms with van der Waals surface area (Å²) in [6, 6.07) is 12.5. The van der Waals surface area contributed by atoms with E-state index < -0.39 is 5.82 Å². The first kappa shape index (κ1) is 20.2. The normalized spacial score (nSPS) is 16.6. The highest BCUT2D eigenvalue weighted by molar-refractivity contribution is 5.96. The highest BCUT2D eigenvalue weighted by atomic mass is 19.1. The van der Waals surface area contributed by atoms with Crippen LogP contribution in [0.5, 0.6) is 0 Å². The first-order valence-corrected chi connectivity index (χ1v) is 10.6. The molecule has 0 bridgehead atoms. The second-order valence-corrected chi connectivity index (χ2v) is 7.81. The van der Waals surface area contributed by atoms with Crippen molar-refractivity contribution in [1.29, 1.82) is 0 Å². The van der Waals surface area contributed by atoms with Crippen LogP contribution in [-0.2, 0) is 9.59 Å². The number of nitrogens with one attached hydrogen (secondary N) is 2. The Morgan fingerprint density at radius 3 is 2.33 bits per heavy atom. The first-order chi connectivity index (χ1) is 14.6. The Labute approximate surface area is 176 Å². The maximum Gasteiger partial charge on any atom is 0.243 e. The number of halogens is 1. The standard InChI is InChI=1S/C23H27FN4O2/c24-20-15-18(8-11-21(20)28-14-4-5-23(28)30)25-16-22(29)26-17-6-9-19(10-7-17)27-12-2-1-3-13-27/h6-11,15,25H,1-5,12-14,16H2,(H,26,29). The van der Waals surface area contributed by atoms with Gasteiger partial charge in [0.1, 0.15) is 5.82 Å². The van der Waals surface area contributed by atoms with Gasteiger partial charge < -0.3 is 20.4 Å². The van der Waals surface area contributed by atoms with Gasteiger partial charge >= 0.3 is 0 Å². The Hall–Kier alpha value is -3.09. The van der Waals surface area contributed by atoms with E-state index in [0.717, 1.165) is 25.2 Å². The number of carbonyl (C=O) groups excluding carboxylic acids is 2. The Balaban J connectivity index is 1.29. The second kappa shape index (κ2) is 9.15. The minimum atomic E-state index is -0.469. The monoisotopic (exact) mass is 410 g/mol. The van der Waals surface area contributed by atoms with Crippen LogP contribution < -0.4 is 20.4 Å². The van der Waals surface area contributed by atoms with Gasteiger partial charge in [-0.3, -0.25) is 9.59 Å². The summed E-state index contributed by atoms with van der Waals surface area (Å²) < 4.78 is 14.4. The maximum atomic E-state index is 14.4. The van der Waals surface area contributed by atoms with Gasteiger partial charge in [-0.25, -0.2) is 4.39 Å². The van der Waals surface area contributed by atoms with Crippen LogP contribution in [0.4, 0.5) is 27.1 Å². The number of rotatable bonds is 6. The summed E-state index contributed by atoms with van der Waals surface area (Å²) in [6.07, 6.45) is 4.94. The lowest BCUT2D eigenvalue weighted by Gasteiger charge is -2.28. The summed E-state index contributed by atoms with van der Waals surface area (Å²) in [7, 11) is 0. The van der Waals surface area contributed by atoms with E-state index in [9.17, 15) is 14.0 Å². The molecule has 2 amide bonds. The molecular formula is C23H27FN4O2. The molecule has 2 heterocycles. The second-order valence-electron chi connectivity index (χ2n) is 7.81. The minimum absolute atomic E-state index is 0.0231. The largest absolute Gasteiger partial charge is 0.376 e. The van der Waals surface area contributed by atoms with Crippen molar-refractivity contribution in [1.82, 2.24) is 0 Å². The molecule has 2 N–H and O–H groups in total. The molecule has 2 aromatic rings. The minimum Gasteiger partial charge on any atom is -0.376 e. The molecule has 2 fully saturated rings. The third kappa shape index (κ3) is 4.72. The van der Waals surface area contributed by atoms with Gasteiger partial charge in [0.2, 0.25) is 11.8 Å². The van der Waals surface area contributed by atoms with Crippen molar-refractivity contribution in [3.63, 3.8) is 0 Å². The lowest BCUT2D eigenvalue weighted by atomic mass is 10.1. The smallest absolute Gasteiger partial charge is 0.243 e. The van der Waals surface area contributed by atoms with Crippen LogP contribution in [0.3, 0.4) is 0 Å². The van der Waals surface area contributed by atoms with Crippen molar-refractivity contribution in [2.24, 2.45) is 0 Å². The van der Waals surface area contributed by atoms with Gasteiger partial charge in [0.25, 0.3) is 0 Å². The van der Waals surface area contributed by atoms with Crippen LogP contribution in [0, 0.1) is 5.82 Å². The number of hydrogen-bond donors (Lipinski definition) is 2. The molecule has 0 atom stereocenters. The highest BCUT2D eigenvalue weighted by Crippen LogP contribution is 2.27. The molecule has 7 heteroatoms. The number of piperidine rings is 1. The Morgan fingerprint density at radius 2 is 1.67 bits per heavy atom. The van der Waals surface area contributed by atoms with Crippen LogP contribution in [0.25, 0.3) is 0 Å². The van der Waals surface area contributed by atoms with E-state index in [1.165, 1.54) is 35.9 Å². The van der Waals surface area contributed by atoms with Gasteiger partial charge in [-0.1, -0.05) is 0 Å². The van der Waals surface area contributed by atoms with E-state index in [2.05, 4.69) is 15.5 Å². The number of nitrogens with zero attached hydrogens (tertiary/aromatic N) is 2. The van der Waals surface area contributed by atoms with E-state index in [4.69, 9.17) is 0 Å². The molecule has 0 spiro atoms. The highest BCUT2D eigenvalue weighted by Gasteiger charge is 2.24. The molecule has 2 saturated heterocycles. The van der Waals surface area contributed by atoms with Crippen molar-refractivity contribution in [3.05, 3.63) is 48.3 Å². The summed E-state index contributed by atoms with van der Waals surface area (Å²) in [4.78, 5) is 27.9. The number of carbonyl (C=O) groups is 2. The van der Waals surface area contributed by atoms with Crippen molar-refractivity contribution in [2.45, 2.75) is 32.1 Å². The zero-order valence-electron chi connectivity index (χ0n) is 17.0. The third-order valence-electron chi connectivity index (χ3n) is 5.64. The summed E-state index contributed by atoms with van der Waals surface area (Å²) in [5.41, 5.74) is 2.70. The maximum absolute atomic E-state index is 14.4. The van der Waals surface area contributed by atoms with Crippen LogP contribution in [0.15, 0.2) is 42.5 Å². The Morgan fingerprint density at radius 1 is 0.933 bits per heavy atom. The van der Waals surface area contributed by atoms with Crippen molar-refractivity contribution < 1.29 is 14.0 Å². The average Bonchev–Trinajstić information content (AvgIpc) is 3.19. The quantitative estimate of drug-likeness (QED) is 0.756. The zero-order chi connectivity index (χ0) is 20.9. The van der Waals surface area contributed by atoms with E-state index in [1.54, 1.807) is 12.1 Å². The fraction of sp³-hybridized carbons (Fsp3) is 0.391. The lowest BCUT2D eigenvalue weighted by molar-refractivity contribution is -0.117. The molecule has 0 unspecified atom stereocenters. The van der Waals surface area contributed by atoms with Crippen molar-refractivity contribution in [3.8, 4) is 0 Å². The van der Waals surface area contributed by atoms with Gasteiger partial charge in [0, 0.05) is 43.1 Å². The van der Waals surface area contributed by atoms with E-state index in [-0.39, 0.29) is 18.4 Å². The fourth-order valence-corrected chi connectivity index (χ4v) is 4.03. The number of hydrogen-bond acceptors (Lipinski definition) is 4. The Kier molecular flexibility index (Phi) is 6.16. The average molecular weight is 410 g/mol. The molecule has 0 radical (unpaired) electrons. The third-order valence-corrected chi connectivity index (χ3v) is 5.64. The first-order valence-electron chi connectivity index (χ1n) is 10.6. The Bertz CT molecular complexity index is 910. The molecule has 0 aliphatic carbocycles. The van der Waals surface area contributed by atoms with Crippen molar-refractivity contribution in [2.75, 3.05) is 46.6 Å². The molecule has 6 nitrogen and oxygen atoms in total. The molecule has 0 saturated carbocycles. The molecule has 158 valence electrons. The summed E-state index contributed by atoms with van der Waals surface area (Å²) in [6.45, 7) is 2.73. The molecule has 2 aliphatic heterocycles. The van der Waals surface area contributed by atoms with Crippen LogP contribution in [0.2, 0.25) is 0 Å². The molecule has 30 heavy (non-hydrogen) atoms. The molecule has 0 aromatic heterocycles. The van der Waals surface area contributed by atoms with E-state index >= 15 is 0 Å². The predicted molar refractivity (Wildman–Crippen MR) is 118 cm³/mol. The molecular weight excluding hydrogens is 383 g/mol. The van der Waals surface area contributed by atoms with E-state index in [1.807, 2.05) is 24.3 Å². The lowest BCUT2D eigenvalue weighted by Crippen LogP contribution is -2.29. The van der Waals surface area contributed by atoms with Crippen LogP contribution in [-0.4, -0.2) is 38.0 Å². The number of amides is 2. The predicted octanol–water partition coefficient (Wildman–Crippen LogP) is 3.99. The fourth-order valence-electron chi connectivity index (χ4n) is 4.03. The summed E-state index contributed by atoms with van der Waals surface area (Å²) in [5, 5.41) is 5.79. The molecule has 4 rings (SSSR count). The number of benzene rings is 2. The van der Waals surface area contributed by atoms with Crippen molar-refractivity contribution >= 4 is 34.6 Å². The van der Waals surface area contributed by atoms with Gasteiger partial charge in [0.05, 0.1) is 12.2 Å². The number of anilines is 4. The van der Waals surface area contributed by atoms with Gasteiger partial charge in [-0.15, -0.1) is 0 Å². The van der Waals surface area contributed by atoms with Crippen LogP contribution >= 0.6 is 0 Å². The summed E-state index contributed by atoms with van der Waals surface area (Å²) in [5.74, 6) is -0.732. The summed E-state index contributed by atoms with van der Waals surface area (Å²) >= 11 is 0. The zero-order valence-corrected chi connectivity index (χ0v) is 17.0.